The molecule has 0 aliphatic carbocycles. The van der Waals surface area contributed by atoms with E-state index >= 15 is 0 Å². The van der Waals surface area contributed by atoms with E-state index in [9.17, 15) is 5.11 Å². The molecule has 1 nitrogen and oxygen atoms in total. The predicted octanol–water partition coefficient (Wildman–Crippen LogP) is 4.24. The van der Waals surface area contributed by atoms with E-state index in [0.29, 0.717) is 5.88 Å². The Morgan fingerprint density at radius 2 is 2.00 bits per heavy atom. The van der Waals surface area contributed by atoms with E-state index in [1.54, 1.807) is 0 Å². The predicted molar refractivity (Wildman–Crippen MR) is 74.3 cm³/mol. The van der Waals surface area contributed by atoms with E-state index in [1.165, 1.54) is 0 Å². The molecule has 1 unspecified atom stereocenters. The Morgan fingerprint density at radius 1 is 1.29 bits per heavy atom. The van der Waals surface area contributed by atoms with Crippen LogP contribution in [0.3, 0.4) is 0 Å². The lowest BCUT2D eigenvalue weighted by Gasteiger charge is -2.10. The summed E-state index contributed by atoms with van der Waals surface area (Å²) in [5.41, 5.74) is 1.60. The molecule has 1 aromatic carbocycles. The quantitative estimate of drug-likeness (QED) is 0.436. The van der Waals surface area contributed by atoms with Crippen molar-refractivity contribution in [1.29, 1.82) is 0 Å². The van der Waals surface area contributed by atoms with Crippen molar-refractivity contribution in [3.05, 3.63) is 60.2 Å². The Hall–Kier alpha value is -1.05. The van der Waals surface area contributed by atoms with Crippen LogP contribution in [0.1, 0.15) is 30.9 Å². The fourth-order valence-corrected chi connectivity index (χ4v) is 1.72. The van der Waals surface area contributed by atoms with Crippen molar-refractivity contribution in [3.8, 4) is 0 Å². The molecular formula is C15H19ClO. The first-order valence-corrected chi connectivity index (χ1v) is 6.43. The highest BCUT2D eigenvalue weighted by molar-refractivity contribution is 6.17. The Balaban J connectivity index is 2.42. The van der Waals surface area contributed by atoms with Crippen LogP contribution in [0, 0.1) is 0 Å². The van der Waals surface area contributed by atoms with Crippen LogP contribution in [0.5, 0.6) is 0 Å². The Kier molecular flexibility index (Phi) is 6.68. The van der Waals surface area contributed by atoms with Gasteiger partial charge >= 0.3 is 0 Å². The van der Waals surface area contributed by atoms with Gasteiger partial charge < -0.3 is 5.11 Å². The lowest BCUT2D eigenvalue weighted by Crippen LogP contribution is -1.98. The van der Waals surface area contributed by atoms with E-state index in [2.05, 4.69) is 6.58 Å². The summed E-state index contributed by atoms with van der Waals surface area (Å²) in [5, 5.41) is 10.0. The zero-order valence-corrected chi connectivity index (χ0v) is 10.7. The maximum absolute atomic E-state index is 10.0. The van der Waals surface area contributed by atoms with Crippen molar-refractivity contribution in [1.82, 2.24) is 0 Å². The third kappa shape index (κ3) is 5.20. The highest BCUT2D eigenvalue weighted by Gasteiger charge is 2.07. The monoisotopic (exact) mass is 250 g/mol. The third-order valence-corrected chi connectivity index (χ3v) is 2.82. The number of aliphatic hydroxyl groups is 1. The minimum atomic E-state index is -0.611. The minimum absolute atomic E-state index is 0.611. The summed E-state index contributed by atoms with van der Waals surface area (Å²) in [6, 6.07) is 9.56. The number of allylic oxidation sites excluding steroid dienone is 1. The molecule has 0 spiro atoms. The zero-order chi connectivity index (χ0) is 12.5. The third-order valence-electron chi connectivity index (χ3n) is 2.55. The van der Waals surface area contributed by atoms with E-state index in [0.717, 1.165) is 30.4 Å². The summed E-state index contributed by atoms with van der Waals surface area (Å²) in [4.78, 5) is 0. The average molecular weight is 251 g/mol. The largest absolute Gasteiger partial charge is 0.384 e. The number of aliphatic hydroxyl groups excluding tert-OH is 1. The van der Waals surface area contributed by atoms with Crippen molar-refractivity contribution in [2.75, 3.05) is 5.88 Å². The number of hydrogen-bond donors (Lipinski definition) is 1. The van der Waals surface area contributed by atoms with Crippen LogP contribution in [0.2, 0.25) is 0 Å². The van der Waals surface area contributed by atoms with Gasteiger partial charge in [0.25, 0.3) is 0 Å². The van der Waals surface area contributed by atoms with Crippen LogP contribution < -0.4 is 0 Å². The second-order valence-corrected chi connectivity index (χ2v) is 4.35. The highest BCUT2D eigenvalue weighted by atomic mass is 35.5. The number of rotatable bonds is 7. The van der Waals surface area contributed by atoms with Gasteiger partial charge in [-0.3, -0.25) is 0 Å². The zero-order valence-electron chi connectivity index (χ0n) is 9.98. The molecule has 2 heteroatoms. The Labute approximate surface area is 108 Å². The van der Waals surface area contributed by atoms with Gasteiger partial charge in [0, 0.05) is 5.88 Å². The van der Waals surface area contributed by atoms with Crippen molar-refractivity contribution < 1.29 is 5.11 Å². The molecule has 0 heterocycles. The SMILES string of the molecule is C=C(/C=C\CCCCCl)C(O)c1ccccc1. The van der Waals surface area contributed by atoms with Crippen LogP contribution in [0.15, 0.2) is 54.6 Å². The second kappa shape index (κ2) is 8.10. The first kappa shape index (κ1) is 14.0. The fourth-order valence-electron chi connectivity index (χ4n) is 1.53. The lowest BCUT2D eigenvalue weighted by molar-refractivity contribution is 0.220. The van der Waals surface area contributed by atoms with Gasteiger partial charge in [-0.2, -0.15) is 0 Å². The molecule has 0 amide bonds. The van der Waals surface area contributed by atoms with Crippen molar-refractivity contribution in [2.45, 2.75) is 25.4 Å². The molecule has 1 rings (SSSR count). The van der Waals surface area contributed by atoms with Crippen LogP contribution in [0.25, 0.3) is 0 Å². The van der Waals surface area contributed by atoms with E-state index in [-0.39, 0.29) is 0 Å². The normalized spacial score (nSPS) is 12.8. The number of benzene rings is 1. The molecule has 0 radical (unpaired) electrons. The second-order valence-electron chi connectivity index (χ2n) is 3.98. The average Bonchev–Trinajstić information content (AvgIpc) is 2.38. The first-order valence-electron chi connectivity index (χ1n) is 5.90. The van der Waals surface area contributed by atoms with Gasteiger partial charge in [-0.1, -0.05) is 49.1 Å². The molecular weight excluding hydrogens is 232 g/mol. The van der Waals surface area contributed by atoms with Crippen molar-refractivity contribution in [3.63, 3.8) is 0 Å². The smallest absolute Gasteiger partial charge is 0.103 e. The molecule has 0 saturated heterocycles. The van der Waals surface area contributed by atoms with Gasteiger partial charge in [-0.15, -0.1) is 11.6 Å². The van der Waals surface area contributed by atoms with Gasteiger partial charge in [-0.05, 0) is 30.4 Å². The van der Waals surface area contributed by atoms with Gasteiger partial charge in [0.1, 0.15) is 6.10 Å². The Bertz CT molecular complexity index is 356. The summed E-state index contributed by atoms with van der Waals surface area (Å²) in [7, 11) is 0. The maximum atomic E-state index is 10.0. The highest BCUT2D eigenvalue weighted by Crippen LogP contribution is 2.20. The van der Waals surface area contributed by atoms with Crippen molar-refractivity contribution >= 4 is 11.6 Å². The maximum Gasteiger partial charge on any atom is 0.103 e. The lowest BCUT2D eigenvalue weighted by atomic mass is 10.0. The van der Waals surface area contributed by atoms with Gasteiger partial charge in [0.05, 0.1) is 0 Å². The molecule has 1 aromatic rings. The molecule has 0 aliphatic rings. The summed E-state index contributed by atoms with van der Waals surface area (Å²) < 4.78 is 0. The molecule has 1 atom stereocenters. The number of hydrogen-bond acceptors (Lipinski definition) is 1. The van der Waals surface area contributed by atoms with Gasteiger partial charge in [0.15, 0.2) is 0 Å². The number of halogens is 1. The molecule has 92 valence electrons. The van der Waals surface area contributed by atoms with Gasteiger partial charge in [0.2, 0.25) is 0 Å². The van der Waals surface area contributed by atoms with Crippen LogP contribution >= 0.6 is 11.6 Å². The minimum Gasteiger partial charge on any atom is -0.384 e. The summed E-state index contributed by atoms with van der Waals surface area (Å²) in [5.74, 6) is 0.710. The van der Waals surface area contributed by atoms with Crippen LogP contribution in [-0.4, -0.2) is 11.0 Å². The molecule has 0 aromatic heterocycles. The molecule has 0 bridgehead atoms. The van der Waals surface area contributed by atoms with E-state index in [4.69, 9.17) is 11.6 Å². The van der Waals surface area contributed by atoms with E-state index < -0.39 is 6.10 Å². The molecule has 17 heavy (non-hydrogen) atoms. The molecule has 0 aliphatic heterocycles. The number of unbranched alkanes of at least 4 members (excludes halogenated alkanes) is 2. The Morgan fingerprint density at radius 3 is 2.65 bits per heavy atom. The van der Waals surface area contributed by atoms with Crippen molar-refractivity contribution in [2.24, 2.45) is 0 Å². The van der Waals surface area contributed by atoms with Crippen LogP contribution in [-0.2, 0) is 0 Å². The summed E-state index contributed by atoms with van der Waals surface area (Å²) in [6.07, 6.45) is 6.41. The summed E-state index contributed by atoms with van der Waals surface area (Å²) >= 11 is 5.59. The number of alkyl halides is 1. The van der Waals surface area contributed by atoms with E-state index in [1.807, 2.05) is 42.5 Å². The molecule has 0 fully saturated rings. The standard InChI is InChI=1S/C15H19ClO/c1-13(9-5-2-3-8-12-16)15(17)14-10-6-4-7-11-14/h4-7,9-11,15,17H,1-3,8,12H2/b9-5-. The topological polar surface area (TPSA) is 20.2 Å². The summed E-state index contributed by atoms with van der Waals surface area (Å²) in [6.45, 7) is 3.89. The van der Waals surface area contributed by atoms with Gasteiger partial charge in [-0.25, -0.2) is 0 Å². The molecule has 0 saturated carbocycles. The molecule has 1 N–H and O–H groups in total. The fraction of sp³-hybridized carbons (Fsp3) is 0.333. The van der Waals surface area contributed by atoms with Crippen LogP contribution in [0.4, 0.5) is 0 Å². The first-order chi connectivity index (χ1) is 8.25.